The summed E-state index contributed by atoms with van der Waals surface area (Å²) in [7, 11) is 0. The molecule has 1 saturated heterocycles. The van der Waals surface area contributed by atoms with Gasteiger partial charge in [-0.25, -0.2) is 4.79 Å². The molecule has 31 heavy (non-hydrogen) atoms. The molecule has 0 saturated carbocycles. The van der Waals surface area contributed by atoms with Gasteiger partial charge in [0.15, 0.2) is 0 Å². The molecular formula is C23H31ClN4O3. The molecule has 3 rings (SSSR count). The van der Waals surface area contributed by atoms with Crippen LogP contribution in [0.5, 0.6) is 0 Å². The van der Waals surface area contributed by atoms with Crippen LogP contribution in [0, 0.1) is 5.92 Å². The molecule has 0 bridgehead atoms. The normalized spacial score (nSPS) is 17.4. The number of nitrogens with zero attached hydrogens (tertiary/aromatic N) is 2. The van der Waals surface area contributed by atoms with Gasteiger partial charge in [0.1, 0.15) is 5.60 Å². The number of benzene rings is 1. The van der Waals surface area contributed by atoms with Gasteiger partial charge in [0.05, 0.1) is 11.4 Å². The summed E-state index contributed by atoms with van der Waals surface area (Å²) in [5.41, 5.74) is 1.49. The van der Waals surface area contributed by atoms with Crippen molar-refractivity contribution < 1.29 is 14.3 Å². The maximum atomic E-state index is 12.6. The Hall–Kier alpha value is -2.38. The van der Waals surface area contributed by atoms with Gasteiger partial charge < -0.3 is 15.4 Å². The van der Waals surface area contributed by atoms with E-state index in [9.17, 15) is 9.59 Å². The Labute approximate surface area is 188 Å². The predicted octanol–water partition coefficient (Wildman–Crippen LogP) is 3.74. The fourth-order valence-corrected chi connectivity index (χ4v) is 4.06. The third-order valence-corrected chi connectivity index (χ3v) is 5.33. The quantitative estimate of drug-likeness (QED) is 0.660. The lowest BCUT2D eigenvalue weighted by atomic mass is 9.96. The van der Waals surface area contributed by atoms with Crippen LogP contribution in [-0.2, 0) is 16.1 Å². The molecule has 0 radical (unpaired) electrons. The van der Waals surface area contributed by atoms with E-state index in [0.29, 0.717) is 31.2 Å². The largest absolute Gasteiger partial charge is 0.444 e. The first-order valence-electron chi connectivity index (χ1n) is 10.7. The lowest BCUT2D eigenvalue weighted by Gasteiger charge is -2.32. The second-order valence-electron chi connectivity index (χ2n) is 8.93. The van der Waals surface area contributed by atoms with Crippen molar-refractivity contribution in [3.05, 3.63) is 41.0 Å². The van der Waals surface area contributed by atoms with E-state index < -0.39 is 11.7 Å². The molecule has 168 valence electrons. The Bertz CT molecular complexity index is 929. The highest BCUT2D eigenvalue weighted by Gasteiger charge is 2.26. The maximum Gasteiger partial charge on any atom is 0.407 e. The third kappa shape index (κ3) is 7.08. The van der Waals surface area contributed by atoms with E-state index in [1.807, 2.05) is 45.0 Å². The van der Waals surface area contributed by atoms with Crippen molar-refractivity contribution >= 4 is 34.5 Å². The molecule has 1 atom stereocenters. The molecule has 0 aliphatic carbocycles. The second kappa shape index (κ2) is 10.3. The van der Waals surface area contributed by atoms with E-state index in [1.165, 1.54) is 0 Å². The summed E-state index contributed by atoms with van der Waals surface area (Å²) in [5.74, 6) is -0.0570. The number of alkyl carbamates (subject to hydrolysis) is 1. The molecule has 1 aliphatic heterocycles. The number of halogens is 1. The molecule has 7 nitrogen and oxygen atoms in total. The number of amides is 2. The van der Waals surface area contributed by atoms with Gasteiger partial charge >= 0.3 is 6.09 Å². The molecule has 2 aromatic rings. The molecule has 2 amide bonds. The van der Waals surface area contributed by atoms with E-state index in [-0.39, 0.29) is 11.8 Å². The van der Waals surface area contributed by atoms with E-state index in [0.717, 1.165) is 35.9 Å². The number of nitrogens with one attached hydrogen (secondary N) is 2. The number of aromatic nitrogens is 1. The zero-order valence-corrected chi connectivity index (χ0v) is 19.2. The van der Waals surface area contributed by atoms with Crippen molar-refractivity contribution in [2.45, 2.75) is 45.8 Å². The molecular weight excluding hydrogens is 416 g/mol. The van der Waals surface area contributed by atoms with Gasteiger partial charge in [0.25, 0.3) is 0 Å². The molecule has 8 heteroatoms. The summed E-state index contributed by atoms with van der Waals surface area (Å²) >= 11 is 6.30. The number of fused-ring (bicyclic) bond motifs is 1. The van der Waals surface area contributed by atoms with Gasteiger partial charge in [0, 0.05) is 42.8 Å². The van der Waals surface area contributed by atoms with Gasteiger partial charge in [-0.3, -0.25) is 14.7 Å². The number of piperidine rings is 1. The molecule has 1 aromatic carbocycles. The third-order valence-electron chi connectivity index (χ3n) is 5.11. The fraction of sp³-hybridized carbons (Fsp3) is 0.522. The van der Waals surface area contributed by atoms with Crippen molar-refractivity contribution in [2.24, 2.45) is 5.92 Å². The maximum absolute atomic E-state index is 12.6. The monoisotopic (exact) mass is 446 g/mol. The van der Waals surface area contributed by atoms with Crippen LogP contribution in [0.15, 0.2) is 30.5 Å². The van der Waals surface area contributed by atoms with Crippen LogP contribution < -0.4 is 10.6 Å². The summed E-state index contributed by atoms with van der Waals surface area (Å²) in [6, 6.07) is 7.80. The Kier molecular flexibility index (Phi) is 7.73. The fourth-order valence-electron chi connectivity index (χ4n) is 3.81. The van der Waals surface area contributed by atoms with E-state index in [4.69, 9.17) is 16.3 Å². The van der Waals surface area contributed by atoms with Gasteiger partial charge in [-0.05, 0) is 63.9 Å². The lowest BCUT2D eigenvalue weighted by molar-refractivity contribution is -0.126. The number of carbonyl (C=O) groups is 2. The lowest BCUT2D eigenvalue weighted by Crippen LogP contribution is -2.44. The van der Waals surface area contributed by atoms with Crippen molar-refractivity contribution in [2.75, 3.05) is 26.2 Å². The summed E-state index contributed by atoms with van der Waals surface area (Å²) in [6.07, 6.45) is 3.13. The van der Waals surface area contributed by atoms with E-state index >= 15 is 0 Å². The zero-order valence-electron chi connectivity index (χ0n) is 18.4. The smallest absolute Gasteiger partial charge is 0.407 e. The van der Waals surface area contributed by atoms with Crippen LogP contribution in [0.25, 0.3) is 10.9 Å². The average Bonchev–Trinajstić information content (AvgIpc) is 2.70. The van der Waals surface area contributed by atoms with E-state index in [1.54, 1.807) is 6.20 Å². The minimum atomic E-state index is -0.539. The number of hydrogen-bond acceptors (Lipinski definition) is 5. The summed E-state index contributed by atoms with van der Waals surface area (Å²) in [5, 5.41) is 7.30. The molecule has 1 unspecified atom stereocenters. The van der Waals surface area contributed by atoms with Gasteiger partial charge in [-0.15, -0.1) is 0 Å². The summed E-state index contributed by atoms with van der Waals surface area (Å²) in [4.78, 5) is 31.1. The average molecular weight is 447 g/mol. The number of likely N-dealkylation sites (tertiary alicyclic amines) is 1. The zero-order chi connectivity index (χ0) is 22.4. The van der Waals surface area contributed by atoms with Gasteiger partial charge in [-0.1, -0.05) is 17.7 Å². The SMILES string of the molecule is CC(C)(C)OC(=O)NCCNC(=O)C1CCCN(Cc2cc(Cl)cc3cccnc23)C1. The molecule has 2 heterocycles. The first kappa shape index (κ1) is 23.3. The summed E-state index contributed by atoms with van der Waals surface area (Å²) in [6.45, 7) is 8.46. The first-order valence-corrected chi connectivity index (χ1v) is 11.1. The molecule has 1 fully saturated rings. The van der Waals surface area contributed by atoms with Crippen molar-refractivity contribution in [1.29, 1.82) is 0 Å². The Morgan fingerprint density at radius 3 is 2.81 bits per heavy atom. The molecule has 0 spiro atoms. The molecule has 1 aromatic heterocycles. The van der Waals surface area contributed by atoms with Crippen LogP contribution >= 0.6 is 11.6 Å². The minimum absolute atomic E-state index is 0.0183. The van der Waals surface area contributed by atoms with Gasteiger partial charge in [-0.2, -0.15) is 0 Å². The van der Waals surface area contributed by atoms with Crippen LogP contribution in [0.1, 0.15) is 39.2 Å². The van der Waals surface area contributed by atoms with Crippen molar-refractivity contribution in [3.8, 4) is 0 Å². The van der Waals surface area contributed by atoms with Crippen LogP contribution in [0.4, 0.5) is 4.79 Å². The number of rotatable bonds is 6. The second-order valence-corrected chi connectivity index (χ2v) is 9.37. The topological polar surface area (TPSA) is 83.6 Å². The highest BCUT2D eigenvalue weighted by molar-refractivity contribution is 6.31. The highest BCUT2D eigenvalue weighted by Crippen LogP contribution is 2.25. The number of ether oxygens (including phenoxy) is 1. The molecule has 2 N–H and O–H groups in total. The number of carbonyl (C=O) groups excluding carboxylic acids is 2. The first-order chi connectivity index (χ1) is 14.7. The van der Waals surface area contributed by atoms with Gasteiger partial charge in [0.2, 0.25) is 5.91 Å². The van der Waals surface area contributed by atoms with Crippen LogP contribution in [0.2, 0.25) is 5.02 Å². The van der Waals surface area contributed by atoms with Crippen LogP contribution in [0.3, 0.4) is 0 Å². The number of hydrogen-bond donors (Lipinski definition) is 2. The Morgan fingerprint density at radius 2 is 2.03 bits per heavy atom. The predicted molar refractivity (Wildman–Crippen MR) is 122 cm³/mol. The minimum Gasteiger partial charge on any atom is -0.444 e. The standard InChI is InChI=1S/C23H31ClN4O3/c1-23(2,3)31-22(30)27-10-9-26-21(29)17-7-5-11-28(14-17)15-18-13-19(24)12-16-6-4-8-25-20(16)18/h4,6,8,12-13,17H,5,7,9-11,14-15H2,1-3H3,(H,26,29)(H,27,30). The number of pyridine rings is 1. The van der Waals surface area contributed by atoms with Crippen LogP contribution in [-0.4, -0.2) is 53.7 Å². The van der Waals surface area contributed by atoms with Crippen molar-refractivity contribution in [3.63, 3.8) is 0 Å². The Morgan fingerprint density at radius 1 is 1.26 bits per heavy atom. The molecule has 1 aliphatic rings. The van der Waals surface area contributed by atoms with Crippen molar-refractivity contribution in [1.82, 2.24) is 20.5 Å². The highest BCUT2D eigenvalue weighted by atomic mass is 35.5. The summed E-state index contributed by atoms with van der Waals surface area (Å²) < 4.78 is 5.19. The van der Waals surface area contributed by atoms with E-state index in [2.05, 4.69) is 20.5 Å². The Balaban J connectivity index is 1.49.